The van der Waals surface area contributed by atoms with Gasteiger partial charge in [0.15, 0.2) is 6.04 Å². The molecule has 15 heavy (non-hydrogen) atoms. The monoisotopic (exact) mass is 207 g/mol. The SMILES string of the molecule is N#C[C@@H]([C@H]1CC=CCC1)[NH+]1CCOCC1. The molecule has 1 N–H and O–H groups in total. The van der Waals surface area contributed by atoms with Crippen molar-refractivity contribution in [3.63, 3.8) is 0 Å². The van der Waals surface area contributed by atoms with Gasteiger partial charge < -0.3 is 9.64 Å². The summed E-state index contributed by atoms with van der Waals surface area (Å²) >= 11 is 0. The predicted octanol–water partition coefficient (Wildman–Crippen LogP) is 0.150. The van der Waals surface area contributed by atoms with Crippen molar-refractivity contribution in [3.8, 4) is 6.07 Å². The first-order valence-electron chi connectivity index (χ1n) is 5.89. The number of allylic oxidation sites excluding steroid dienone is 2. The van der Waals surface area contributed by atoms with Crippen molar-refractivity contribution in [3.05, 3.63) is 12.2 Å². The third kappa shape index (κ3) is 2.58. The summed E-state index contributed by atoms with van der Waals surface area (Å²) in [6, 6.07) is 2.69. The lowest BCUT2D eigenvalue weighted by Gasteiger charge is -2.32. The van der Waals surface area contributed by atoms with Crippen LogP contribution in [0.1, 0.15) is 19.3 Å². The number of rotatable bonds is 2. The van der Waals surface area contributed by atoms with E-state index in [1.54, 1.807) is 0 Å². The van der Waals surface area contributed by atoms with E-state index in [0.29, 0.717) is 5.92 Å². The van der Waals surface area contributed by atoms with Crippen molar-refractivity contribution >= 4 is 0 Å². The van der Waals surface area contributed by atoms with Crippen molar-refractivity contribution in [2.75, 3.05) is 26.3 Å². The molecule has 1 fully saturated rings. The lowest BCUT2D eigenvalue weighted by Crippen LogP contribution is -3.18. The molecule has 0 radical (unpaired) electrons. The minimum absolute atomic E-state index is 0.179. The summed E-state index contributed by atoms with van der Waals surface area (Å²) in [5.41, 5.74) is 0. The van der Waals surface area contributed by atoms with E-state index in [0.717, 1.165) is 39.1 Å². The van der Waals surface area contributed by atoms with Crippen molar-refractivity contribution in [1.82, 2.24) is 0 Å². The highest BCUT2D eigenvalue weighted by Crippen LogP contribution is 2.20. The zero-order valence-electron chi connectivity index (χ0n) is 9.11. The van der Waals surface area contributed by atoms with E-state index in [-0.39, 0.29) is 6.04 Å². The smallest absolute Gasteiger partial charge is 0.178 e. The van der Waals surface area contributed by atoms with Crippen molar-refractivity contribution in [2.45, 2.75) is 25.3 Å². The van der Waals surface area contributed by atoms with Gasteiger partial charge in [-0.25, -0.2) is 0 Å². The van der Waals surface area contributed by atoms with Crippen molar-refractivity contribution in [1.29, 1.82) is 5.26 Å². The van der Waals surface area contributed by atoms with Crippen LogP contribution in [0.5, 0.6) is 0 Å². The van der Waals surface area contributed by atoms with E-state index < -0.39 is 0 Å². The van der Waals surface area contributed by atoms with Crippen LogP contribution in [-0.2, 0) is 4.74 Å². The zero-order valence-corrected chi connectivity index (χ0v) is 9.11. The predicted molar refractivity (Wildman–Crippen MR) is 57.4 cm³/mol. The molecule has 1 heterocycles. The summed E-state index contributed by atoms with van der Waals surface area (Å²) in [6.45, 7) is 3.63. The lowest BCUT2D eigenvalue weighted by atomic mass is 9.87. The van der Waals surface area contributed by atoms with Crippen molar-refractivity contribution < 1.29 is 9.64 Å². The second-order valence-electron chi connectivity index (χ2n) is 4.42. The maximum atomic E-state index is 9.29. The summed E-state index contributed by atoms with van der Waals surface area (Å²) < 4.78 is 5.34. The Hall–Kier alpha value is -0.850. The normalized spacial score (nSPS) is 29.7. The van der Waals surface area contributed by atoms with E-state index in [9.17, 15) is 5.26 Å². The molecule has 0 spiro atoms. The Labute approximate surface area is 91.3 Å². The highest BCUT2D eigenvalue weighted by atomic mass is 16.5. The second-order valence-corrected chi connectivity index (χ2v) is 4.42. The van der Waals surface area contributed by atoms with Crippen LogP contribution in [-0.4, -0.2) is 32.3 Å². The molecule has 2 aliphatic rings. The van der Waals surface area contributed by atoms with Crippen LogP contribution in [0.15, 0.2) is 12.2 Å². The molecule has 0 unspecified atom stereocenters. The molecule has 3 heteroatoms. The van der Waals surface area contributed by atoms with Gasteiger partial charge in [0.05, 0.1) is 13.2 Å². The Morgan fingerprint density at radius 1 is 1.33 bits per heavy atom. The number of nitrogens with zero attached hydrogens (tertiary/aromatic N) is 1. The summed E-state index contributed by atoms with van der Waals surface area (Å²) in [5.74, 6) is 0.563. The van der Waals surface area contributed by atoms with Gasteiger partial charge in [-0.15, -0.1) is 0 Å². The lowest BCUT2D eigenvalue weighted by molar-refractivity contribution is -0.928. The third-order valence-electron chi connectivity index (χ3n) is 3.49. The van der Waals surface area contributed by atoms with Gasteiger partial charge in [-0.2, -0.15) is 5.26 Å². The number of nitriles is 1. The van der Waals surface area contributed by atoms with Crippen LogP contribution < -0.4 is 4.90 Å². The van der Waals surface area contributed by atoms with Crippen LogP contribution in [0.25, 0.3) is 0 Å². The van der Waals surface area contributed by atoms with Gasteiger partial charge in [-0.3, -0.25) is 0 Å². The average Bonchev–Trinajstić information content (AvgIpc) is 2.33. The van der Waals surface area contributed by atoms with E-state index in [4.69, 9.17) is 4.74 Å². The standard InChI is InChI=1S/C12H18N2O/c13-10-12(11-4-2-1-3-5-11)14-6-8-15-9-7-14/h1-2,11-12H,3-9H2/p+1/t11-,12-/m0/s1. The van der Waals surface area contributed by atoms with Crippen molar-refractivity contribution in [2.24, 2.45) is 5.92 Å². The van der Waals surface area contributed by atoms with Gasteiger partial charge in [-0.05, 0) is 19.3 Å². The second kappa shape index (κ2) is 5.29. The van der Waals surface area contributed by atoms with E-state index >= 15 is 0 Å². The molecule has 0 bridgehead atoms. The average molecular weight is 207 g/mol. The van der Waals surface area contributed by atoms with Gasteiger partial charge in [0.2, 0.25) is 0 Å². The van der Waals surface area contributed by atoms with Crippen LogP contribution in [0.4, 0.5) is 0 Å². The molecule has 1 aliphatic carbocycles. The molecule has 2 rings (SSSR count). The maximum absolute atomic E-state index is 9.29. The first kappa shape index (κ1) is 10.7. The largest absolute Gasteiger partial charge is 0.370 e. The summed E-state index contributed by atoms with van der Waals surface area (Å²) in [6.07, 6.45) is 7.88. The quantitative estimate of drug-likeness (QED) is 0.655. The Balaban J connectivity index is 1.96. The molecule has 1 aliphatic heterocycles. The van der Waals surface area contributed by atoms with Crippen LogP contribution in [0, 0.1) is 17.2 Å². The highest BCUT2D eigenvalue weighted by Gasteiger charge is 2.31. The zero-order chi connectivity index (χ0) is 10.5. The molecule has 1 saturated heterocycles. The van der Waals surface area contributed by atoms with Crippen LogP contribution in [0.3, 0.4) is 0 Å². The van der Waals surface area contributed by atoms with Gasteiger partial charge in [0.1, 0.15) is 19.2 Å². The molecule has 3 nitrogen and oxygen atoms in total. The fraction of sp³-hybridized carbons (Fsp3) is 0.750. The van der Waals surface area contributed by atoms with Gasteiger partial charge >= 0.3 is 0 Å². The Morgan fingerprint density at radius 3 is 2.73 bits per heavy atom. The number of nitrogens with one attached hydrogen (secondary N) is 1. The summed E-state index contributed by atoms with van der Waals surface area (Å²) in [7, 11) is 0. The number of morpholine rings is 1. The maximum Gasteiger partial charge on any atom is 0.178 e. The molecular formula is C12H19N2O+. The van der Waals surface area contributed by atoms with E-state index in [1.807, 2.05) is 0 Å². The van der Waals surface area contributed by atoms with E-state index in [1.165, 1.54) is 11.3 Å². The molecular weight excluding hydrogens is 188 g/mol. The fourth-order valence-corrected chi connectivity index (χ4v) is 2.59. The summed E-state index contributed by atoms with van der Waals surface area (Å²) in [5, 5.41) is 9.29. The van der Waals surface area contributed by atoms with Gasteiger partial charge in [0, 0.05) is 5.92 Å². The molecule has 0 aromatic carbocycles. The number of ether oxygens (including phenoxy) is 1. The van der Waals surface area contributed by atoms with Gasteiger partial charge in [0.25, 0.3) is 0 Å². The topological polar surface area (TPSA) is 37.5 Å². The first-order valence-corrected chi connectivity index (χ1v) is 5.89. The van der Waals surface area contributed by atoms with Crippen LogP contribution >= 0.6 is 0 Å². The summed E-state index contributed by atoms with van der Waals surface area (Å²) in [4.78, 5) is 1.43. The van der Waals surface area contributed by atoms with Crippen LogP contribution in [0.2, 0.25) is 0 Å². The molecule has 0 saturated carbocycles. The molecule has 82 valence electrons. The Kier molecular flexibility index (Phi) is 3.76. The molecule has 0 aromatic rings. The molecule has 0 aromatic heterocycles. The number of quaternary nitrogens is 1. The van der Waals surface area contributed by atoms with E-state index in [2.05, 4.69) is 18.2 Å². The Bertz CT molecular complexity index is 263. The minimum Gasteiger partial charge on any atom is -0.370 e. The third-order valence-corrected chi connectivity index (χ3v) is 3.49. The molecule has 2 atom stereocenters. The van der Waals surface area contributed by atoms with Gasteiger partial charge in [-0.1, -0.05) is 12.2 Å². The highest BCUT2D eigenvalue weighted by molar-refractivity contribution is 4.98. The fourth-order valence-electron chi connectivity index (χ4n) is 2.59. The number of hydrogen-bond acceptors (Lipinski definition) is 2. The Morgan fingerprint density at radius 2 is 2.13 bits per heavy atom. The number of hydrogen-bond donors (Lipinski definition) is 1. The minimum atomic E-state index is 0.179. The molecule has 0 amide bonds. The first-order chi connectivity index (χ1) is 7.42.